The minimum Gasteiger partial charge on any atom is -0.441 e. The number of carbonyl (C=O) groups excluding carboxylic acids is 4. The van der Waals surface area contributed by atoms with Crippen molar-refractivity contribution >= 4 is 23.8 Å². The molecule has 0 bridgehead atoms. The van der Waals surface area contributed by atoms with Gasteiger partial charge in [-0.3, -0.25) is 30.4 Å². The first kappa shape index (κ1) is 38.6. The van der Waals surface area contributed by atoms with E-state index in [4.69, 9.17) is 35.0 Å². The number of amides is 1. The number of fused-ring (bicyclic) bond motifs is 5. The van der Waals surface area contributed by atoms with Gasteiger partial charge in [0.2, 0.25) is 5.78 Å². The van der Waals surface area contributed by atoms with Gasteiger partial charge in [-0.2, -0.15) is 0 Å². The number of aliphatic hydroxyl groups is 3. The molecule has 0 aromatic rings. The van der Waals surface area contributed by atoms with Gasteiger partial charge >= 0.3 is 12.2 Å². The number of alkyl halides is 1. The predicted octanol–water partition coefficient (Wildman–Crippen LogP) is 0.290. The second-order valence-corrected chi connectivity index (χ2v) is 13.0. The van der Waals surface area contributed by atoms with Crippen LogP contribution in [0, 0.1) is 22.7 Å². The maximum atomic E-state index is 17.2. The van der Waals surface area contributed by atoms with Crippen molar-refractivity contribution < 1.29 is 83.6 Å². The van der Waals surface area contributed by atoms with E-state index in [9.17, 15) is 34.5 Å². The van der Waals surface area contributed by atoms with E-state index in [1.807, 2.05) is 0 Å². The van der Waals surface area contributed by atoms with E-state index in [2.05, 4.69) is 15.0 Å². The molecule has 19 nitrogen and oxygen atoms in total. The Labute approximate surface area is 278 Å². The van der Waals surface area contributed by atoms with E-state index < -0.39 is 107 Å². The summed E-state index contributed by atoms with van der Waals surface area (Å²) in [5.41, 5.74) is -6.97. The minimum atomic E-state index is -2.49. The van der Waals surface area contributed by atoms with Gasteiger partial charge in [-0.05, 0) is 50.7 Å². The molecule has 2 unspecified atom stereocenters. The highest BCUT2D eigenvalue weighted by atomic mass is 19.1. The largest absolute Gasteiger partial charge is 0.508 e. The third kappa shape index (κ3) is 7.35. The van der Waals surface area contributed by atoms with Crippen LogP contribution in [0.3, 0.4) is 0 Å². The average molecular weight is 708 g/mol. The van der Waals surface area contributed by atoms with E-state index in [-0.39, 0.29) is 38.0 Å². The number of halogens is 1. The molecule has 0 aliphatic heterocycles. The zero-order valence-corrected chi connectivity index (χ0v) is 26.8. The SMILES string of the molecule is C[C@]12C=CC(=O)C=C1CC[C@H]1[C@@H]3CC(O)[C@](O)(C(=O)COC(=O)NCCOC(=O)OCCC(CON(O)O)ON(O)O)[C@@]3(C)C[C@H](O)[C@@]12F. The normalized spacial score (nSPS) is 35.6. The number of hydrogen-bond acceptors (Lipinski definition) is 18. The summed E-state index contributed by atoms with van der Waals surface area (Å²) in [6.45, 7) is 0.440. The standard InChI is InChI=1S/C29H42FN3O16/c1-26-7-5-17(34)11-16(26)3-4-19-20-12-21(35)29(40,27(20,2)13-22(36)28(19,26)30)23(37)15-47-24(38)31-8-10-46-25(39)45-9-6-18(49-33(43)44)14-48-32(41)42/h5,7,11,18-22,35-36,40-44H,3-4,6,8-10,12-15H2,1-2H3,(H,31,38)/t18?,19-,20-,21?,22-,26-,27-,28-,29-/m0/s1. The molecule has 3 fully saturated rings. The van der Waals surface area contributed by atoms with Crippen LogP contribution in [-0.4, -0.2) is 133 Å². The minimum absolute atomic E-state index is 0.147. The maximum Gasteiger partial charge on any atom is 0.508 e. The van der Waals surface area contributed by atoms with Gasteiger partial charge in [0.25, 0.3) is 0 Å². The molecule has 1 amide bonds. The summed E-state index contributed by atoms with van der Waals surface area (Å²) in [6, 6.07) is 0. The maximum absolute atomic E-state index is 17.2. The monoisotopic (exact) mass is 707 g/mol. The van der Waals surface area contributed by atoms with E-state index >= 15 is 4.39 Å². The van der Waals surface area contributed by atoms with Crippen LogP contribution < -0.4 is 5.32 Å². The summed E-state index contributed by atoms with van der Waals surface area (Å²) in [5, 5.41) is 69.6. The average Bonchev–Trinajstić information content (AvgIpc) is 3.22. The lowest BCUT2D eigenvalue weighted by molar-refractivity contribution is -0.527. The van der Waals surface area contributed by atoms with Crippen molar-refractivity contribution in [2.75, 3.05) is 33.0 Å². The van der Waals surface area contributed by atoms with Crippen molar-refractivity contribution in [3.63, 3.8) is 0 Å². The fourth-order valence-corrected chi connectivity index (χ4v) is 8.07. The molecular weight excluding hydrogens is 665 g/mol. The van der Waals surface area contributed by atoms with E-state index in [1.54, 1.807) is 6.92 Å². The highest BCUT2D eigenvalue weighted by Gasteiger charge is 2.76. The number of ketones is 2. The van der Waals surface area contributed by atoms with Crippen LogP contribution in [0.5, 0.6) is 0 Å². The number of nitrogens with zero attached hydrogens (tertiary/aromatic N) is 2. The molecule has 9 atom stereocenters. The number of nitrogens with one attached hydrogen (secondary N) is 1. The molecular formula is C29H42FN3O16. The second kappa shape index (κ2) is 15.0. The summed E-state index contributed by atoms with van der Waals surface area (Å²) < 4.78 is 31.7. The number of Topliss-reactive ketones (excluding diaryl/α,β-unsaturated/α-hetero) is 1. The van der Waals surface area contributed by atoms with E-state index in [0.29, 0.717) is 12.0 Å². The van der Waals surface area contributed by atoms with Crippen LogP contribution >= 0.6 is 0 Å². The smallest absolute Gasteiger partial charge is 0.441 e. The number of carbonyl (C=O) groups is 4. The Morgan fingerprint density at radius 1 is 1.04 bits per heavy atom. The number of aliphatic hydroxyl groups excluding tert-OH is 2. The quantitative estimate of drug-likeness (QED) is 0.0684. The lowest BCUT2D eigenvalue weighted by atomic mass is 9.44. The zero-order chi connectivity index (χ0) is 36.4. The fourth-order valence-electron chi connectivity index (χ4n) is 8.07. The third-order valence-corrected chi connectivity index (χ3v) is 10.5. The first-order valence-electron chi connectivity index (χ1n) is 15.5. The van der Waals surface area contributed by atoms with Crippen LogP contribution in [0.15, 0.2) is 23.8 Å². The van der Waals surface area contributed by atoms with Gasteiger partial charge in [0.05, 0.1) is 36.1 Å². The molecule has 4 aliphatic rings. The first-order valence-corrected chi connectivity index (χ1v) is 15.5. The first-order chi connectivity index (χ1) is 22.9. The van der Waals surface area contributed by atoms with E-state index in [1.165, 1.54) is 25.2 Å². The molecule has 0 heterocycles. The molecule has 49 heavy (non-hydrogen) atoms. The highest BCUT2D eigenvalue weighted by Crippen LogP contribution is 2.69. The zero-order valence-electron chi connectivity index (χ0n) is 26.8. The Kier molecular flexibility index (Phi) is 11.8. The molecule has 8 N–H and O–H groups in total. The highest BCUT2D eigenvalue weighted by molar-refractivity contribution is 6.01. The van der Waals surface area contributed by atoms with Gasteiger partial charge in [0, 0.05) is 23.2 Å². The van der Waals surface area contributed by atoms with Crippen molar-refractivity contribution in [2.45, 2.75) is 75.5 Å². The lowest BCUT2D eigenvalue weighted by Gasteiger charge is -2.62. The van der Waals surface area contributed by atoms with Crippen LogP contribution in [0.4, 0.5) is 14.0 Å². The topological polar surface area (TPSA) is 275 Å². The van der Waals surface area contributed by atoms with Crippen molar-refractivity contribution in [3.8, 4) is 0 Å². The van der Waals surface area contributed by atoms with Gasteiger partial charge in [-0.15, -0.1) is 0 Å². The van der Waals surface area contributed by atoms with Crippen LogP contribution in [0.1, 0.15) is 46.0 Å². The second-order valence-electron chi connectivity index (χ2n) is 13.0. The molecule has 0 saturated heterocycles. The Balaban J connectivity index is 1.26. The van der Waals surface area contributed by atoms with Crippen LogP contribution in [0.2, 0.25) is 0 Å². The summed E-state index contributed by atoms with van der Waals surface area (Å²) in [4.78, 5) is 58.1. The Hall–Kier alpha value is -3.15. The van der Waals surface area contributed by atoms with Gasteiger partial charge in [0.15, 0.2) is 23.7 Å². The van der Waals surface area contributed by atoms with Gasteiger partial charge < -0.3 is 34.8 Å². The molecule has 0 aromatic carbocycles. The summed E-state index contributed by atoms with van der Waals surface area (Å²) in [7, 11) is 0. The van der Waals surface area contributed by atoms with E-state index in [0.717, 1.165) is 0 Å². The molecule has 0 radical (unpaired) electrons. The molecule has 20 heteroatoms. The van der Waals surface area contributed by atoms with Gasteiger partial charge in [-0.1, -0.05) is 18.6 Å². The van der Waals surface area contributed by atoms with Gasteiger partial charge in [-0.25, -0.2) is 23.7 Å². The number of allylic oxidation sites excluding steroid dienone is 4. The molecule has 4 rings (SSSR count). The van der Waals surface area contributed by atoms with Crippen molar-refractivity contribution in [1.29, 1.82) is 0 Å². The van der Waals surface area contributed by atoms with Crippen molar-refractivity contribution in [2.24, 2.45) is 22.7 Å². The summed E-state index contributed by atoms with van der Waals surface area (Å²) in [6.07, 6.45) is -2.92. The van der Waals surface area contributed by atoms with Crippen LogP contribution in [-0.2, 0) is 33.5 Å². The fraction of sp³-hybridized carbons (Fsp3) is 0.724. The summed E-state index contributed by atoms with van der Waals surface area (Å²) >= 11 is 0. The van der Waals surface area contributed by atoms with Gasteiger partial charge in [0.1, 0.15) is 19.3 Å². The number of ether oxygens (including phenoxy) is 3. The molecule has 0 aromatic heterocycles. The third-order valence-electron chi connectivity index (χ3n) is 10.5. The predicted molar refractivity (Wildman–Crippen MR) is 153 cm³/mol. The van der Waals surface area contributed by atoms with Crippen molar-refractivity contribution in [3.05, 3.63) is 23.8 Å². The molecule has 4 aliphatic carbocycles. The molecule has 276 valence electrons. The lowest BCUT2D eigenvalue weighted by Crippen LogP contribution is -2.69. The Morgan fingerprint density at radius 3 is 2.41 bits per heavy atom. The number of rotatable bonds is 14. The molecule has 0 spiro atoms. The van der Waals surface area contributed by atoms with Crippen molar-refractivity contribution in [1.82, 2.24) is 16.1 Å². The summed E-state index contributed by atoms with van der Waals surface area (Å²) in [5.74, 6) is -2.94. The Morgan fingerprint density at radius 2 is 1.73 bits per heavy atom. The van der Waals surface area contributed by atoms with Crippen LogP contribution in [0.25, 0.3) is 0 Å². The number of hydrogen-bond donors (Lipinski definition) is 8. The molecule has 3 saturated carbocycles. The Bertz CT molecular complexity index is 1330. The number of alkyl carbamates (subject to hydrolysis) is 1.